The summed E-state index contributed by atoms with van der Waals surface area (Å²) in [6, 6.07) is 19.7. The highest BCUT2D eigenvalue weighted by Gasteiger charge is 2.14. The monoisotopic (exact) mass is 444 g/mol. The van der Waals surface area contributed by atoms with Gasteiger partial charge in [0.05, 0.1) is 4.90 Å². The van der Waals surface area contributed by atoms with E-state index in [1.807, 2.05) is 31.2 Å². The molecular formula is C22H21ClN2O4S. The summed E-state index contributed by atoms with van der Waals surface area (Å²) in [4.78, 5) is 12.2. The van der Waals surface area contributed by atoms with Crippen molar-refractivity contribution in [3.63, 3.8) is 0 Å². The van der Waals surface area contributed by atoms with Crippen LogP contribution >= 0.6 is 11.6 Å². The first-order valence-electron chi connectivity index (χ1n) is 9.26. The summed E-state index contributed by atoms with van der Waals surface area (Å²) in [5.74, 6) is 0.0939. The first-order valence-corrected chi connectivity index (χ1v) is 11.1. The molecular weight excluding hydrogens is 424 g/mol. The van der Waals surface area contributed by atoms with Crippen LogP contribution in [0.2, 0.25) is 5.02 Å². The highest BCUT2D eigenvalue weighted by molar-refractivity contribution is 7.92. The number of hydrogen-bond acceptors (Lipinski definition) is 4. The third kappa shape index (κ3) is 5.75. The number of para-hydroxylation sites is 1. The van der Waals surface area contributed by atoms with Crippen molar-refractivity contribution in [2.45, 2.75) is 18.2 Å². The summed E-state index contributed by atoms with van der Waals surface area (Å²) in [6.07, 6.45) is 0.803. The van der Waals surface area contributed by atoms with Crippen LogP contribution in [0.1, 0.15) is 12.5 Å². The topological polar surface area (TPSA) is 84.5 Å². The van der Waals surface area contributed by atoms with Gasteiger partial charge in [0.2, 0.25) is 0 Å². The van der Waals surface area contributed by atoms with Crippen LogP contribution in [0.15, 0.2) is 77.7 Å². The zero-order valence-corrected chi connectivity index (χ0v) is 17.8. The molecule has 0 aliphatic rings. The molecule has 8 heteroatoms. The highest BCUT2D eigenvalue weighted by Crippen LogP contribution is 2.21. The van der Waals surface area contributed by atoms with Crippen molar-refractivity contribution in [3.8, 4) is 5.75 Å². The van der Waals surface area contributed by atoms with E-state index in [4.69, 9.17) is 16.3 Å². The molecule has 0 heterocycles. The number of sulfonamides is 1. The molecule has 3 aromatic carbocycles. The van der Waals surface area contributed by atoms with Crippen LogP contribution in [0, 0.1) is 0 Å². The second-order valence-corrected chi connectivity index (χ2v) is 8.55. The summed E-state index contributed by atoms with van der Waals surface area (Å²) in [5, 5.41) is 3.33. The lowest BCUT2D eigenvalue weighted by atomic mass is 10.1. The Bertz CT molecular complexity index is 1110. The summed E-state index contributed by atoms with van der Waals surface area (Å²) in [7, 11) is -3.75. The number of nitrogens with one attached hydrogen (secondary N) is 2. The molecule has 0 aromatic heterocycles. The first-order chi connectivity index (χ1) is 14.4. The van der Waals surface area contributed by atoms with Gasteiger partial charge in [0.1, 0.15) is 5.75 Å². The number of halogens is 1. The third-order valence-electron chi connectivity index (χ3n) is 4.27. The molecule has 0 unspecified atom stereocenters. The van der Waals surface area contributed by atoms with Crippen LogP contribution in [-0.4, -0.2) is 20.9 Å². The fraction of sp³-hybridized carbons (Fsp3) is 0.136. The Morgan fingerprint density at radius 3 is 2.30 bits per heavy atom. The van der Waals surface area contributed by atoms with Gasteiger partial charge in [-0.25, -0.2) is 8.42 Å². The van der Waals surface area contributed by atoms with Crippen molar-refractivity contribution >= 4 is 38.9 Å². The number of hydrogen-bond donors (Lipinski definition) is 2. The van der Waals surface area contributed by atoms with Gasteiger partial charge in [-0.15, -0.1) is 0 Å². The summed E-state index contributed by atoms with van der Waals surface area (Å²) in [5.41, 5.74) is 2.20. The molecule has 0 aliphatic heterocycles. The van der Waals surface area contributed by atoms with Gasteiger partial charge in [-0.3, -0.25) is 9.52 Å². The van der Waals surface area contributed by atoms with Gasteiger partial charge in [0.25, 0.3) is 15.9 Å². The van der Waals surface area contributed by atoms with E-state index in [2.05, 4.69) is 10.0 Å². The maximum atomic E-state index is 12.5. The largest absolute Gasteiger partial charge is 0.484 e. The zero-order chi connectivity index (χ0) is 21.6. The average Bonchev–Trinajstić information content (AvgIpc) is 2.74. The molecule has 2 N–H and O–H groups in total. The molecule has 3 rings (SSSR count). The van der Waals surface area contributed by atoms with Crippen LogP contribution < -0.4 is 14.8 Å². The molecule has 156 valence electrons. The number of ether oxygens (including phenoxy) is 1. The number of aryl methyl sites for hydroxylation is 1. The van der Waals surface area contributed by atoms with Crippen molar-refractivity contribution in [2.24, 2.45) is 0 Å². The predicted molar refractivity (Wildman–Crippen MR) is 119 cm³/mol. The molecule has 3 aromatic rings. The molecule has 0 fully saturated rings. The van der Waals surface area contributed by atoms with Crippen LogP contribution in [-0.2, 0) is 21.2 Å². The zero-order valence-electron chi connectivity index (χ0n) is 16.3. The van der Waals surface area contributed by atoms with Crippen LogP contribution in [0.3, 0.4) is 0 Å². The van der Waals surface area contributed by atoms with Crippen LogP contribution in [0.5, 0.6) is 5.75 Å². The minimum atomic E-state index is -3.75. The quantitative estimate of drug-likeness (QED) is 0.526. The van der Waals surface area contributed by atoms with Gasteiger partial charge in [-0.1, -0.05) is 36.7 Å². The van der Waals surface area contributed by atoms with Crippen molar-refractivity contribution in [1.82, 2.24) is 0 Å². The van der Waals surface area contributed by atoms with Crippen molar-refractivity contribution in [1.29, 1.82) is 0 Å². The summed E-state index contributed by atoms with van der Waals surface area (Å²) < 4.78 is 32.9. The molecule has 0 atom stereocenters. The lowest BCUT2D eigenvalue weighted by molar-refractivity contribution is -0.118. The van der Waals surface area contributed by atoms with Gasteiger partial charge >= 0.3 is 0 Å². The average molecular weight is 445 g/mol. The standard InChI is InChI=1S/C22H21ClN2O4S/c1-2-16-5-3-4-6-21(16)24-22(26)15-29-19-11-13-20(14-12-19)30(27,28)25-18-9-7-17(23)8-10-18/h3-14,25H,2,15H2,1H3,(H,24,26). The first kappa shape index (κ1) is 21.7. The number of amides is 1. The normalized spacial score (nSPS) is 11.0. The van der Waals surface area contributed by atoms with Gasteiger partial charge in [0.15, 0.2) is 6.61 Å². The smallest absolute Gasteiger partial charge is 0.262 e. The fourth-order valence-corrected chi connectivity index (χ4v) is 3.92. The maximum absolute atomic E-state index is 12.5. The Kier molecular flexibility index (Phi) is 6.97. The molecule has 0 saturated carbocycles. The van der Waals surface area contributed by atoms with E-state index in [0.29, 0.717) is 16.5 Å². The van der Waals surface area contributed by atoms with Gasteiger partial charge in [0, 0.05) is 16.4 Å². The second kappa shape index (κ2) is 9.65. The van der Waals surface area contributed by atoms with E-state index in [9.17, 15) is 13.2 Å². The Balaban J connectivity index is 1.58. The van der Waals surface area contributed by atoms with E-state index >= 15 is 0 Å². The predicted octanol–water partition coefficient (Wildman–Crippen LogP) is 4.72. The molecule has 0 spiro atoms. The van der Waals surface area contributed by atoms with E-state index in [0.717, 1.165) is 17.7 Å². The molecule has 30 heavy (non-hydrogen) atoms. The van der Waals surface area contributed by atoms with Crippen molar-refractivity contribution in [2.75, 3.05) is 16.6 Å². The molecule has 6 nitrogen and oxygen atoms in total. The number of carbonyl (C=O) groups excluding carboxylic acids is 1. The number of rotatable bonds is 8. The van der Waals surface area contributed by atoms with E-state index < -0.39 is 10.0 Å². The van der Waals surface area contributed by atoms with Crippen LogP contribution in [0.4, 0.5) is 11.4 Å². The Hall–Kier alpha value is -3.03. The minimum absolute atomic E-state index is 0.0751. The van der Waals surface area contributed by atoms with Gasteiger partial charge < -0.3 is 10.1 Å². The van der Waals surface area contributed by atoms with E-state index in [-0.39, 0.29) is 17.4 Å². The summed E-state index contributed by atoms with van der Waals surface area (Å²) in [6.45, 7) is 1.83. The van der Waals surface area contributed by atoms with Crippen molar-refractivity contribution in [3.05, 3.63) is 83.4 Å². The third-order valence-corrected chi connectivity index (χ3v) is 5.92. The molecule has 1 amide bonds. The number of carbonyl (C=O) groups is 1. The van der Waals surface area contributed by atoms with Crippen molar-refractivity contribution < 1.29 is 17.9 Å². The lowest BCUT2D eigenvalue weighted by Gasteiger charge is -2.11. The Labute approximate surface area is 180 Å². The maximum Gasteiger partial charge on any atom is 0.262 e. The molecule has 0 radical (unpaired) electrons. The lowest BCUT2D eigenvalue weighted by Crippen LogP contribution is -2.21. The van der Waals surface area contributed by atoms with E-state index in [1.54, 1.807) is 24.3 Å². The van der Waals surface area contributed by atoms with Crippen LogP contribution in [0.25, 0.3) is 0 Å². The molecule has 0 aliphatic carbocycles. The van der Waals surface area contributed by atoms with E-state index in [1.165, 1.54) is 24.3 Å². The Morgan fingerprint density at radius 2 is 1.63 bits per heavy atom. The number of benzene rings is 3. The second-order valence-electron chi connectivity index (χ2n) is 6.43. The van der Waals surface area contributed by atoms with Gasteiger partial charge in [-0.2, -0.15) is 0 Å². The molecule has 0 bridgehead atoms. The highest BCUT2D eigenvalue weighted by atomic mass is 35.5. The minimum Gasteiger partial charge on any atom is -0.484 e. The Morgan fingerprint density at radius 1 is 0.967 bits per heavy atom. The number of anilines is 2. The molecule has 0 saturated heterocycles. The summed E-state index contributed by atoms with van der Waals surface area (Å²) >= 11 is 5.81. The SMILES string of the molecule is CCc1ccccc1NC(=O)COc1ccc(S(=O)(=O)Nc2ccc(Cl)cc2)cc1. The fourth-order valence-electron chi connectivity index (χ4n) is 2.73. The van der Waals surface area contributed by atoms with Gasteiger partial charge in [-0.05, 0) is 66.6 Å².